The molecule has 3 unspecified atom stereocenters. The van der Waals surface area contributed by atoms with Crippen molar-refractivity contribution in [3.8, 4) is 0 Å². The molecule has 0 aromatic heterocycles. The van der Waals surface area contributed by atoms with Gasteiger partial charge in [0.15, 0.2) is 0 Å². The number of amides is 1. The second-order valence-corrected chi connectivity index (χ2v) is 6.62. The minimum Gasteiger partial charge on any atom is -0.383 e. The Morgan fingerprint density at radius 1 is 1.00 bits per heavy atom. The Kier molecular flexibility index (Phi) is 3.60. The summed E-state index contributed by atoms with van der Waals surface area (Å²) >= 11 is 0. The summed E-state index contributed by atoms with van der Waals surface area (Å²) in [5.74, 6) is 1.79. The second kappa shape index (κ2) is 5.20. The van der Waals surface area contributed by atoms with E-state index in [1.807, 2.05) is 0 Å². The summed E-state index contributed by atoms with van der Waals surface area (Å²) in [6, 6.07) is 0.332. The highest BCUT2D eigenvalue weighted by Gasteiger charge is 2.38. The van der Waals surface area contributed by atoms with E-state index in [9.17, 15) is 9.90 Å². The minimum atomic E-state index is -0.740. The number of hydrogen-bond acceptors (Lipinski definition) is 2. The Morgan fingerprint density at radius 3 is 2.17 bits per heavy atom. The van der Waals surface area contributed by atoms with Crippen LogP contribution in [0.4, 0.5) is 0 Å². The first-order valence-corrected chi connectivity index (χ1v) is 7.72. The van der Waals surface area contributed by atoms with Crippen LogP contribution in [-0.2, 0) is 4.79 Å². The number of rotatable bonds is 3. The van der Waals surface area contributed by atoms with E-state index in [1.54, 1.807) is 0 Å². The molecule has 3 fully saturated rings. The van der Waals surface area contributed by atoms with Gasteiger partial charge in [-0.2, -0.15) is 0 Å². The first kappa shape index (κ1) is 12.5. The van der Waals surface area contributed by atoms with Gasteiger partial charge in [0.2, 0.25) is 5.91 Å². The highest BCUT2D eigenvalue weighted by atomic mass is 16.3. The fraction of sp³-hybridized carbons (Fsp3) is 0.933. The second-order valence-electron chi connectivity index (χ2n) is 6.62. The molecule has 3 saturated carbocycles. The highest BCUT2D eigenvalue weighted by molar-refractivity contribution is 5.81. The van der Waals surface area contributed by atoms with Gasteiger partial charge in [0.25, 0.3) is 0 Å². The van der Waals surface area contributed by atoms with E-state index >= 15 is 0 Å². The van der Waals surface area contributed by atoms with Crippen molar-refractivity contribution in [2.24, 2.45) is 17.8 Å². The standard InChI is InChI=1S/C15H25NO2/c17-14(10-6-7-10)15(18)16-13-8-11-4-2-1-3-5-12(11)9-13/h10-14,17H,1-9H2,(H,16,18). The third-order valence-electron chi connectivity index (χ3n) is 5.17. The van der Waals surface area contributed by atoms with Gasteiger partial charge in [0.1, 0.15) is 6.10 Å². The molecule has 3 atom stereocenters. The largest absolute Gasteiger partial charge is 0.383 e. The normalized spacial score (nSPS) is 37.7. The van der Waals surface area contributed by atoms with E-state index in [-0.39, 0.29) is 11.8 Å². The lowest BCUT2D eigenvalue weighted by molar-refractivity contribution is -0.131. The van der Waals surface area contributed by atoms with Crippen LogP contribution in [0.15, 0.2) is 0 Å². The van der Waals surface area contributed by atoms with Crippen LogP contribution in [0.3, 0.4) is 0 Å². The SMILES string of the molecule is O=C(NC1CC2CCCCCC2C1)C(O)C1CC1. The molecule has 0 aliphatic heterocycles. The maximum Gasteiger partial charge on any atom is 0.249 e. The lowest BCUT2D eigenvalue weighted by Crippen LogP contribution is -2.41. The average molecular weight is 251 g/mol. The van der Waals surface area contributed by atoms with Crippen molar-refractivity contribution in [2.75, 3.05) is 0 Å². The predicted octanol–water partition coefficient (Wildman–Crippen LogP) is 2.23. The number of aliphatic hydroxyl groups is 1. The summed E-state index contributed by atoms with van der Waals surface area (Å²) in [5.41, 5.74) is 0. The summed E-state index contributed by atoms with van der Waals surface area (Å²) in [5, 5.41) is 12.9. The van der Waals surface area contributed by atoms with E-state index < -0.39 is 6.10 Å². The fourth-order valence-electron chi connectivity index (χ4n) is 3.94. The molecule has 3 rings (SSSR count). The zero-order chi connectivity index (χ0) is 12.5. The first-order chi connectivity index (χ1) is 8.74. The van der Waals surface area contributed by atoms with Crippen LogP contribution in [0.1, 0.15) is 57.8 Å². The number of nitrogens with one attached hydrogen (secondary N) is 1. The third-order valence-corrected chi connectivity index (χ3v) is 5.17. The molecule has 3 aliphatic rings. The topological polar surface area (TPSA) is 49.3 Å². The van der Waals surface area contributed by atoms with Gasteiger partial charge in [-0.3, -0.25) is 4.79 Å². The molecule has 0 heterocycles. The van der Waals surface area contributed by atoms with Gasteiger partial charge in [-0.25, -0.2) is 0 Å². The summed E-state index contributed by atoms with van der Waals surface area (Å²) < 4.78 is 0. The van der Waals surface area contributed by atoms with E-state index in [0.717, 1.165) is 37.5 Å². The molecule has 3 heteroatoms. The zero-order valence-electron chi connectivity index (χ0n) is 11.1. The summed E-state index contributed by atoms with van der Waals surface area (Å²) in [7, 11) is 0. The number of hydrogen-bond donors (Lipinski definition) is 2. The molecule has 3 aliphatic carbocycles. The Balaban J connectivity index is 1.50. The van der Waals surface area contributed by atoms with Crippen molar-refractivity contribution >= 4 is 5.91 Å². The summed E-state index contributed by atoms with van der Waals surface area (Å²) in [6.45, 7) is 0. The Labute approximate surface area is 109 Å². The summed E-state index contributed by atoms with van der Waals surface area (Å²) in [4.78, 5) is 11.9. The molecule has 0 spiro atoms. The van der Waals surface area contributed by atoms with Crippen molar-refractivity contribution in [1.29, 1.82) is 0 Å². The van der Waals surface area contributed by atoms with Gasteiger partial charge in [-0.15, -0.1) is 0 Å². The lowest BCUT2D eigenvalue weighted by Gasteiger charge is -2.16. The number of aliphatic hydroxyl groups excluding tert-OH is 1. The predicted molar refractivity (Wildman–Crippen MR) is 70.0 cm³/mol. The summed E-state index contributed by atoms with van der Waals surface area (Å²) in [6.07, 6.45) is 10.4. The van der Waals surface area contributed by atoms with Crippen LogP contribution in [0.2, 0.25) is 0 Å². The van der Waals surface area contributed by atoms with Crippen LogP contribution in [0.5, 0.6) is 0 Å². The molecule has 0 bridgehead atoms. The fourth-order valence-corrected chi connectivity index (χ4v) is 3.94. The molecule has 18 heavy (non-hydrogen) atoms. The van der Waals surface area contributed by atoms with Gasteiger partial charge in [0.05, 0.1) is 0 Å². The number of carbonyl (C=O) groups is 1. The van der Waals surface area contributed by atoms with Crippen molar-refractivity contribution in [1.82, 2.24) is 5.32 Å². The van der Waals surface area contributed by atoms with Gasteiger partial charge in [-0.1, -0.05) is 32.1 Å². The quantitative estimate of drug-likeness (QED) is 0.808. The van der Waals surface area contributed by atoms with E-state index in [0.29, 0.717) is 6.04 Å². The third kappa shape index (κ3) is 2.71. The zero-order valence-corrected chi connectivity index (χ0v) is 11.1. The lowest BCUT2D eigenvalue weighted by atomic mass is 9.92. The van der Waals surface area contributed by atoms with Crippen molar-refractivity contribution in [2.45, 2.75) is 69.9 Å². The molecular formula is C15H25NO2. The smallest absolute Gasteiger partial charge is 0.249 e. The van der Waals surface area contributed by atoms with Crippen molar-refractivity contribution in [3.05, 3.63) is 0 Å². The van der Waals surface area contributed by atoms with Crippen LogP contribution >= 0.6 is 0 Å². The molecule has 1 amide bonds. The number of fused-ring (bicyclic) bond motifs is 1. The Hall–Kier alpha value is -0.570. The maximum atomic E-state index is 11.9. The Morgan fingerprint density at radius 2 is 1.61 bits per heavy atom. The van der Waals surface area contributed by atoms with Crippen LogP contribution in [-0.4, -0.2) is 23.2 Å². The van der Waals surface area contributed by atoms with Crippen molar-refractivity contribution in [3.63, 3.8) is 0 Å². The molecule has 2 N–H and O–H groups in total. The van der Waals surface area contributed by atoms with Gasteiger partial charge < -0.3 is 10.4 Å². The molecule has 0 saturated heterocycles. The van der Waals surface area contributed by atoms with Gasteiger partial charge >= 0.3 is 0 Å². The molecule has 0 aromatic rings. The Bertz CT molecular complexity index is 300. The van der Waals surface area contributed by atoms with E-state index in [2.05, 4.69) is 5.32 Å². The molecule has 0 radical (unpaired) electrons. The molecule has 0 aromatic carbocycles. The first-order valence-electron chi connectivity index (χ1n) is 7.72. The van der Waals surface area contributed by atoms with Crippen LogP contribution < -0.4 is 5.32 Å². The molecule has 3 nitrogen and oxygen atoms in total. The van der Waals surface area contributed by atoms with E-state index in [1.165, 1.54) is 32.1 Å². The van der Waals surface area contributed by atoms with E-state index in [4.69, 9.17) is 0 Å². The highest BCUT2D eigenvalue weighted by Crippen LogP contribution is 2.41. The minimum absolute atomic E-state index is 0.112. The maximum absolute atomic E-state index is 11.9. The molecular weight excluding hydrogens is 226 g/mol. The van der Waals surface area contributed by atoms with Gasteiger partial charge in [0, 0.05) is 6.04 Å². The van der Waals surface area contributed by atoms with Crippen LogP contribution in [0.25, 0.3) is 0 Å². The molecule has 102 valence electrons. The van der Waals surface area contributed by atoms with Crippen LogP contribution in [0, 0.1) is 17.8 Å². The number of carbonyl (C=O) groups excluding carboxylic acids is 1. The monoisotopic (exact) mass is 251 g/mol. The average Bonchev–Trinajstić information content (AvgIpc) is 3.15. The van der Waals surface area contributed by atoms with Crippen molar-refractivity contribution < 1.29 is 9.90 Å². The van der Waals surface area contributed by atoms with Gasteiger partial charge in [-0.05, 0) is 43.4 Å².